The molecule has 0 fully saturated rings. The Hall–Kier alpha value is -2.31. The lowest BCUT2D eigenvalue weighted by Crippen LogP contribution is -2.25. The quantitative estimate of drug-likeness (QED) is 0.862. The van der Waals surface area contributed by atoms with Crippen LogP contribution in [0.15, 0.2) is 6.20 Å². The molecule has 2 aromatic rings. The Balaban J connectivity index is 2.10. The zero-order chi connectivity index (χ0) is 14.9. The van der Waals surface area contributed by atoms with Crippen LogP contribution in [0.25, 0.3) is 0 Å². The number of aryl methyl sites for hydroxylation is 3. The second-order valence-electron chi connectivity index (χ2n) is 4.74. The van der Waals surface area contributed by atoms with Gasteiger partial charge >= 0.3 is 0 Å². The number of nitrogen functional groups attached to an aromatic ring is 1. The summed E-state index contributed by atoms with van der Waals surface area (Å²) in [7, 11) is 1.88. The molecule has 2 heterocycles. The molecule has 0 unspecified atom stereocenters. The number of rotatable bonds is 4. The van der Waals surface area contributed by atoms with Gasteiger partial charge in [-0.2, -0.15) is 10.2 Å². The molecule has 1 amide bonds. The Bertz CT molecular complexity index is 640. The van der Waals surface area contributed by atoms with Crippen molar-refractivity contribution in [3.63, 3.8) is 0 Å². The molecule has 20 heavy (non-hydrogen) atoms. The summed E-state index contributed by atoms with van der Waals surface area (Å²) in [6, 6.07) is 0. The van der Waals surface area contributed by atoms with E-state index in [1.807, 2.05) is 27.8 Å². The Morgan fingerprint density at radius 1 is 1.40 bits per heavy atom. The lowest BCUT2D eigenvalue weighted by molar-refractivity contribution is 0.0946. The number of hydrogen-bond donors (Lipinski definition) is 2. The lowest BCUT2D eigenvalue weighted by atomic mass is 10.2. The Morgan fingerprint density at radius 3 is 2.60 bits per heavy atom. The van der Waals surface area contributed by atoms with Gasteiger partial charge in [0.25, 0.3) is 5.91 Å². The van der Waals surface area contributed by atoms with Crippen LogP contribution in [0.2, 0.25) is 0 Å². The van der Waals surface area contributed by atoms with Crippen molar-refractivity contribution in [3.05, 3.63) is 28.8 Å². The molecule has 0 aliphatic carbocycles. The molecule has 7 heteroatoms. The molecule has 0 aliphatic rings. The highest BCUT2D eigenvalue weighted by molar-refractivity contribution is 5.96. The van der Waals surface area contributed by atoms with Crippen LogP contribution in [0.3, 0.4) is 0 Å². The predicted molar refractivity (Wildman–Crippen MR) is 76.2 cm³/mol. The number of nitrogens with one attached hydrogen (secondary N) is 1. The molecular formula is C13H20N6O. The highest BCUT2D eigenvalue weighted by Crippen LogP contribution is 2.13. The second-order valence-corrected chi connectivity index (χ2v) is 4.74. The van der Waals surface area contributed by atoms with Gasteiger partial charge in [0.15, 0.2) is 5.69 Å². The molecule has 0 bridgehead atoms. The molecule has 0 atom stereocenters. The summed E-state index contributed by atoms with van der Waals surface area (Å²) in [5, 5.41) is 11.3. The minimum Gasteiger partial charge on any atom is -0.396 e. The maximum Gasteiger partial charge on any atom is 0.274 e. The van der Waals surface area contributed by atoms with E-state index in [0.29, 0.717) is 18.8 Å². The fourth-order valence-electron chi connectivity index (χ4n) is 2.10. The summed E-state index contributed by atoms with van der Waals surface area (Å²) in [5.41, 5.74) is 9.43. The third-order valence-corrected chi connectivity index (χ3v) is 3.41. The fourth-order valence-corrected chi connectivity index (χ4v) is 2.10. The van der Waals surface area contributed by atoms with Gasteiger partial charge in [0, 0.05) is 37.6 Å². The number of amides is 1. The second kappa shape index (κ2) is 5.36. The molecule has 0 radical (unpaired) electrons. The van der Waals surface area contributed by atoms with Crippen molar-refractivity contribution in [1.29, 1.82) is 0 Å². The summed E-state index contributed by atoms with van der Waals surface area (Å²) < 4.78 is 3.45. The van der Waals surface area contributed by atoms with E-state index in [1.54, 1.807) is 15.6 Å². The molecule has 2 aromatic heterocycles. The molecule has 0 saturated heterocycles. The first-order valence-electron chi connectivity index (χ1n) is 6.54. The van der Waals surface area contributed by atoms with Crippen LogP contribution in [0.5, 0.6) is 0 Å². The SMILES string of the molecule is CCn1cc(N)c(C(=O)NCc2c(C)nn(C)c2C)n1. The number of nitrogens with zero attached hydrogens (tertiary/aromatic N) is 4. The summed E-state index contributed by atoms with van der Waals surface area (Å²) in [5.74, 6) is -0.266. The summed E-state index contributed by atoms with van der Waals surface area (Å²) in [6.07, 6.45) is 1.66. The van der Waals surface area contributed by atoms with E-state index in [4.69, 9.17) is 5.73 Å². The predicted octanol–water partition coefficient (Wildman–Crippen LogP) is 0.766. The molecule has 108 valence electrons. The van der Waals surface area contributed by atoms with E-state index >= 15 is 0 Å². The number of nitrogens with two attached hydrogens (primary N) is 1. The Labute approximate surface area is 117 Å². The molecular weight excluding hydrogens is 256 g/mol. The molecule has 0 spiro atoms. The molecule has 7 nitrogen and oxygen atoms in total. The number of carbonyl (C=O) groups is 1. The van der Waals surface area contributed by atoms with Gasteiger partial charge in [-0.1, -0.05) is 0 Å². The molecule has 0 saturated carbocycles. The van der Waals surface area contributed by atoms with Crippen LogP contribution < -0.4 is 11.1 Å². The first-order chi connectivity index (χ1) is 9.43. The highest BCUT2D eigenvalue weighted by atomic mass is 16.2. The maximum atomic E-state index is 12.1. The van der Waals surface area contributed by atoms with Crippen molar-refractivity contribution in [2.75, 3.05) is 5.73 Å². The van der Waals surface area contributed by atoms with Gasteiger partial charge in [-0.05, 0) is 20.8 Å². The van der Waals surface area contributed by atoms with Crippen molar-refractivity contribution in [2.45, 2.75) is 33.9 Å². The maximum absolute atomic E-state index is 12.1. The van der Waals surface area contributed by atoms with Crippen molar-refractivity contribution >= 4 is 11.6 Å². The minimum absolute atomic E-state index is 0.266. The normalized spacial score (nSPS) is 10.8. The van der Waals surface area contributed by atoms with E-state index in [-0.39, 0.29) is 11.6 Å². The van der Waals surface area contributed by atoms with E-state index in [2.05, 4.69) is 15.5 Å². The van der Waals surface area contributed by atoms with Gasteiger partial charge in [-0.3, -0.25) is 14.2 Å². The van der Waals surface area contributed by atoms with Crippen molar-refractivity contribution in [3.8, 4) is 0 Å². The van der Waals surface area contributed by atoms with Crippen molar-refractivity contribution in [2.24, 2.45) is 7.05 Å². The van der Waals surface area contributed by atoms with E-state index < -0.39 is 0 Å². The van der Waals surface area contributed by atoms with E-state index in [0.717, 1.165) is 17.0 Å². The standard InChI is InChI=1S/C13H20N6O/c1-5-19-7-11(14)12(17-19)13(20)15-6-10-8(2)16-18(4)9(10)3/h7H,5-6,14H2,1-4H3,(H,15,20). The first-order valence-corrected chi connectivity index (χ1v) is 6.54. The monoisotopic (exact) mass is 276 g/mol. The Morgan fingerprint density at radius 2 is 2.10 bits per heavy atom. The van der Waals surface area contributed by atoms with Crippen LogP contribution in [-0.2, 0) is 20.1 Å². The summed E-state index contributed by atoms with van der Waals surface area (Å²) >= 11 is 0. The number of hydrogen-bond acceptors (Lipinski definition) is 4. The first kappa shape index (κ1) is 14.1. The average Bonchev–Trinajstić information content (AvgIpc) is 2.89. The highest BCUT2D eigenvalue weighted by Gasteiger charge is 2.16. The van der Waals surface area contributed by atoms with Gasteiger partial charge in [0.2, 0.25) is 0 Å². The van der Waals surface area contributed by atoms with Crippen molar-refractivity contribution < 1.29 is 4.79 Å². The van der Waals surface area contributed by atoms with Crippen LogP contribution in [0.4, 0.5) is 5.69 Å². The Kier molecular flexibility index (Phi) is 3.78. The third-order valence-electron chi connectivity index (χ3n) is 3.41. The summed E-state index contributed by atoms with van der Waals surface area (Å²) in [6.45, 7) is 6.94. The van der Waals surface area contributed by atoms with Gasteiger partial charge in [-0.15, -0.1) is 0 Å². The zero-order valence-electron chi connectivity index (χ0n) is 12.3. The number of aromatic nitrogens is 4. The summed E-state index contributed by atoms with van der Waals surface area (Å²) in [4.78, 5) is 12.1. The van der Waals surface area contributed by atoms with Crippen LogP contribution in [0.1, 0.15) is 34.4 Å². The zero-order valence-corrected chi connectivity index (χ0v) is 12.3. The van der Waals surface area contributed by atoms with Gasteiger partial charge in [0.05, 0.1) is 11.4 Å². The fraction of sp³-hybridized carbons (Fsp3) is 0.462. The van der Waals surface area contributed by atoms with Gasteiger partial charge in [-0.25, -0.2) is 0 Å². The number of anilines is 1. The molecule has 2 rings (SSSR count). The van der Waals surface area contributed by atoms with Crippen molar-refractivity contribution in [1.82, 2.24) is 24.9 Å². The third kappa shape index (κ3) is 2.52. The molecule has 3 N–H and O–H groups in total. The van der Waals surface area contributed by atoms with Crippen LogP contribution >= 0.6 is 0 Å². The molecule has 0 aliphatic heterocycles. The minimum atomic E-state index is -0.266. The number of carbonyl (C=O) groups excluding carboxylic acids is 1. The molecule has 0 aromatic carbocycles. The van der Waals surface area contributed by atoms with Crippen LogP contribution in [0, 0.1) is 13.8 Å². The smallest absolute Gasteiger partial charge is 0.274 e. The lowest BCUT2D eigenvalue weighted by Gasteiger charge is -2.04. The topological polar surface area (TPSA) is 90.8 Å². The van der Waals surface area contributed by atoms with E-state index in [9.17, 15) is 4.79 Å². The van der Waals surface area contributed by atoms with Gasteiger partial charge in [0.1, 0.15) is 0 Å². The largest absolute Gasteiger partial charge is 0.396 e. The average molecular weight is 276 g/mol. The van der Waals surface area contributed by atoms with E-state index in [1.165, 1.54) is 0 Å². The van der Waals surface area contributed by atoms with Crippen LogP contribution in [-0.4, -0.2) is 25.5 Å². The van der Waals surface area contributed by atoms with Gasteiger partial charge < -0.3 is 11.1 Å².